The van der Waals surface area contributed by atoms with Crippen LogP contribution in [0.2, 0.25) is 0 Å². The molecule has 1 amide bonds. The van der Waals surface area contributed by atoms with Crippen LogP contribution in [0.3, 0.4) is 0 Å². The Kier molecular flexibility index (Phi) is 7.26. The number of likely N-dealkylation sites (N-methyl/N-ethyl adjacent to an activating group) is 1. The SMILES string of the molecule is CC(C)CC(C(=O)OCc1ccccc1)N(C)C(=O)OC(C)(C)C. The van der Waals surface area contributed by atoms with Gasteiger partial charge in [-0.3, -0.25) is 4.90 Å². The highest BCUT2D eigenvalue weighted by atomic mass is 16.6. The minimum absolute atomic E-state index is 0.191. The van der Waals surface area contributed by atoms with Crippen molar-refractivity contribution in [1.82, 2.24) is 4.90 Å². The predicted octanol–water partition coefficient (Wildman–Crippen LogP) is 4.01. The van der Waals surface area contributed by atoms with E-state index in [0.717, 1.165) is 5.56 Å². The van der Waals surface area contributed by atoms with Crippen molar-refractivity contribution in [2.75, 3.05) is 7.05 Å². The minimum Gasteiger partial charge on any atom is -0.459 e. The number of carbonyl (C=O) groups is 2. The fourth-order valence-electron chi connectivity index (χ4n) is 2.15. The highest BCUT2D eigenvalue weighted by molar-refractivity contribution is 5.81. The summed E-state index contributed by atoms with van der Waals surface area (Å²) in [5.74, 6) is -0.176. The van der Waals surface area contributed by atoms with Crippen LogP contribution in [0.1, 0.15) is 46.6 Å². The van der Waals surface area contributed by atoms with Crippen LogP contribution in [0.15, 0.2) is 30.3 Å². The van der Waals surface area contributed by atoms with E-state index in [1.807, 2.05) is 44.2 Å². The third kappa shape index (κ3) is 7.02. The van der Waals surface area contributed by atoms with Crippen LogP contribution in [-0.2, 0) is 20.9 Å². The Morgan fingerprint density at radius 3 is 2.21 bits per heavy atom. The van der Waals surface area contributed by atoms with Gasteiger partial charge in [0.1, 0.15) is 18.2 Å². The number of amides is 1. The fraction of sp³-hybridized carbons (Fsp3) is 0.579. The Bertz CT molecular complexity index is 534. The molecule has 0 aliphatic rings. The molecule has 1 rings (SSSR count). The molecule has 1 unspecified atom stereocenters. The molecule has 0 heterocycles. The van der Waals surface area contributed by atoms with Crippen molar-refractivity contribution in [2.45, 2.75) is 59.3 Å². The molecule has 0 aliphatic carbocycles. The molecule has 1 aromatic rings. The van der Waals surface area contributed by atoms with Gasteiger partial charge < -0.3 is 9.47 Å². The Morgan fingerprint density at radius 2 is 1.71 bits per heavy atom. The second kappa shape index (κ2) is 8.71. The van der Waals surface area contributed by atoms with E-state index in [1.54, 1.807) is 27.8 Å². The van der Waals surface area contributed by atoms with Gasteiger partial charge in [0, 0.05) is 7.05 Å². The molecule has 0 saturated carbocycles. The largest absolute Gasteiger partial charge is 0.459 e. The summed E-state index contributed by atoms with van der Waals surface area (Å²) in [6.07, 6.45) is -0.00609. The maximum Gasteiger partial charge on any atom is 0.410 e. The number of ether oxygens (including phenoxy) is 2. The van der Waals surface area contributed by atoms with Gasteiger partial charge in [-0.15, -0.1) is 0 Å². The van der Waals surface area contributed by atoms with E-state index in [2.05, 4.69) is 0 Å². The molecule has 0 N–H and O–H groups in total. The van der Waals surface area contributed by atoms with Crippen LogP contribution in [-0.4, -0.2) is 35.7 Å². The van der Waals surface area contributed by atoms with Crippen LogP contribution in [0.4, 0.5) is 4.79 Å². The summed E-state index contributed by atoms with van der Waals surface area (Å²) in [4.78, 5) is 26.1. The number of hydrogen-bond donors (Lipinski definition) is 0. The van der Waals surface area contributed by atoms with Gasteiger partial charge in [0.25, 0.3) is 0 Å². The van der Waals surface area contributed by atoms with Crippen molar-refractivity contribution in [3.63, 3.8) is 0 Å². The number of nitrogens with zero attached hydrogens (tertiary/aromatic N) is 1. The Hall–Kier alpha value is -2.04. The molecule has 0 saturated heterocycles. The smallest absolute Gasteiger partial charge is 0.410 e. The lowest BCUT2D eigenvalue weighted by Crippen LogP contribution is -2.46. The first kappa shape index (κ1) is 20.0. The maximum absolute atomic E-state index is 12.5. The van der Waals surface area contributed by atoms with Crippen molar-refractivity contribution in [2.24, 2.45) is 5.92 Å². The molecule has 0 spiro atoms. The van der Waals surface area contributed by atoms with Gasteiger partial charge in [-0.05, 0) is 38.7 Å². The first-order valence-electron chi connectivity index (χ1n) is 8.26. The third-order valence-electron chi connectivity index (χ3n) is 3.34. The van der Waals surface area contributed by atoms with Gasteiger partial charge in [-0.1, -0.05) is 44.2 Å². The standard InChI is InChI=1S/C19H29NO4/c1-14(2)12-16(20(6)18(22)24-19(3,4)5)17(21)23-13-15-10-8-7-9-11-15/h7-11,14,16H,12-13H2,1-6H3. The molecule has 0 aromatic heterocycles. The highest BCUT2D eigenvalue weighted by Crippen LogP contribution is 2.17. The summed E-state index contributed by atoms with van der Waals surface area (Å²) in [5.41, 5.74) is 0.302. The number of rotatable bonds is 6. The number of hydrogen-bond acceptors (Lipinski definition) is 4. The van der Waals surface area contributed by atoms with E-state index in [1.165, 1.54) is 4.90 Å². The summed E-state index contributed by atoms with van der Waals surface area (Å²) >= 11 is 0. The van der Waals surface area contributed by atoms with Crippen LogP contribution in [0, 0.1) is 5.92 Å². The Morgan fingerprint density at radius 1 is 1.12 bits per heavy atom. The lowest BCUT2D eigenvalue weighted by Gasteiger charge is -2.30. The lowest BCUT2D eigenvalue weighted by molar-refractivity contribution is -0.151. The van der Waals surface area contributed by atoms with Crippen LogP contribution < -0.4 is 0 Å². The molecule has 24 heavy (non-hydrogen) atoms. The molecule has 5 heteroatoms. The molecular weight excluding hydrogens is 306 g/mol. The molecule has 1 aromatic carbocycles. The van der Waals surface area contributed by atoms with E-state index in [0.29, 0.717) is 6.42 Å². The van der Waals surface area contributed by atoms with E-state index in [9.17, 15) is 9.59 Å². The summed E-state index contributed by atoms with van der Waals surface area (Å²) in [5, 5.41) is 0. The highest BCUT2D eigenvalue weighted by Gasteiger charge is 2.31. The maximum atomic E-state index is 12.5. The lowest BCUT2D eigenvalue weighted by atomic mass is 10.0. The number of benzene rings is 1. The predicted molar refractivity (Wildman–Crippen MR) is 93.5 cm³/mol. The third-order valence-corrected chi connectivity index (χ3v) is 3.34. The first-order valence-corrected chi connectivity index (χ1v) is 8.26. The molecule has 0 radical (unpaired) electrons. The summed E-state index contributed by atoms with van der Waals surface area (Å²) < 4.78 is 10.8. The summed E-state index contributed by atoms with van der Waals surface area (Å²) in [6.45, 7) is 9.58. The first-order chi connectivity index (χ1) is 11.1. The van der Waals surface area contributed by atoms with Crippen molar-refractivity contribution < 1.29 is 19.1 Å². The average Bonchev–Trinajstić information content (AvgIpc) is 2.48. The fourth-order valence-corrected chi connectivity index (χ4v) is 2.15. The average molecular weight is 335 g/mol. The summed E-state index contributed by atoms with van der Waals surface area (Å²) in [7, 11) is 1.57. The second-order valence-electron chi connectivity index (χ2n) is 7.33. The number of esters is 1. The molecule has 0 aliphatic heterocycles. The van der Waals surface area contributed by atoms with Gasteiger partial charge in [0.2, 0.25) is 0 Å². The van der Waals surface area contributed by atoms with Crippen LogP contribution in [0.5, 0.6) is 0 Å². The normalized spacial score (nSPS) is 12.6. The quantitative estimate of drug-likeness (QED) is 0.737. The van der Waals surface area contributed by atoms with Gasteiger partial charge in [0.15, 0.2) is 0 Å². The van der Waals surface area contributed by atoms with Gasteiger partial charge in [0.05, 0.1) is 0 Å². The van der Waals surface area contributed by atoms with Gasteiger partial charge >= 0.3 is 12.1 Å². The van der Waals surface area contributed by atoms with Gasteiger partial charge in [-0.2, -0.15) is 0 Å². The number of carbonyl (C=O) groups excluding carboxylic acids is 2. The molecular formula is C19H29NO4. The Balaban J connectivity index is 2.75. The van der Waals surface area contributed by atoms with Crippen molar-refractivity contribution >= 4 is 12.1 Å². The molecule has 0 fully saturated rings. The minimum atomic E-state index is -0.663. The Labute approximate surface area is 144 Å². The van der Waals surface area contributed by atoms with Crippen LogP contribution >= 0.6 is 0 Å². The summed E-state index contributed by atoms with van der Waals surface area (Å²) in [6, 6.07) is 8.81. The molecule has 5 nitrogen and oxygen atoms in total. The molecule has 0 bridgehead atoms. The van der Waals surface area contributed by atoms with Gasteiger partial charge in [-0.25, -0.2) is 9.59 Å². The van der Waals surface area contributed by atoms with Crippen LogP contribution in [0.25, 0.3) is 0 Å². The van der Waals surface area contributed by atoms with Crippen molar-refractivity contribution in [3.8, 4) is 0 Å². The topological polar surface area (TPSA) is 55.8 Å². The van der Waals surface area contributed by atoms with E-state index < -0.39 is 23.7 Å². The zero-order valence-electron chi connectivity index (χ0n) is 15.5. The molecule has 134 valence electrons. The van der Waals surface area contributed by atoms with E-state index in [4.69, 9.17) is 9.47 Å². The van der Waals surface area contributed by atoms with Crippen molar-refractivity contribution in [1.29, 1.82) is 0 Å². The second-order valence-corrected chi connectivity index (χ2v) is 7.33. The van der Waals surface area contributed by atoms with E-state index >= 15 is 0 Å². The zero-order chi connectivity index (χ0) is 18.3. The molecule has 1 atom stereocenters. The van der Waals surface area contributed by atoms with E-state index in [-0.39, 0.29) is 12.5 Å². The monoisotopic (exact) mass is 335 g/mol. The zero-order valence-corrected chi connectivity index (χ0v) is 15.5. The van der Waals surface area contributed by atoms with Crippen molar-refractivity contribution in [3.05, 3.63) is 35.9 Å².